The summed E-state index contributed by atoms with van der Waals surface area (Å²) < 4.78 is 7.05. The van der Waals surface area contributed by atoms with E-state index in [0.29, 0.717) is 25.4 Å². The Hall–Kier alpha value is -2.11. The van der Waals surface area contributed by atoms with Gasteiger partial charge in [-0.3, -0.25) is 4.79 Å². The maximum Gasteiger partial charge on any atom is 0.289 e. The summed E-state index contributed by atoms with van der Waals surface area (Å²) >= 11 is 0. The van der Waals surface area contributed by atoms with Crippen molar-refractivity contribution in [2.75, 3.05) is 32.7 Å². The molecule has 0 aromatic carbocycles. The van der Waals surface area contributed by atoms with Crippen LogP contribution in [0.3, 0.4) is 0 Å². The van der Waals surface area contributed by atoms with Crippen LogP contribution >= 0.6 is 24.0 Å². The van der Waals surface area contributed by atoms with E-state index in [9.17, 15) is 4.79 Å². The first-order chi connectivity index (χ1) is 12.2. The highest BCUT2D eigenvalue weighted by molar-refractivity contribution is 14.0. The third kappa shape index (κ3) is 4.74. The van der Waals surface area contributed by atoms with Crippen molar-refractivity contribution >= 4 is 35.8 Å². The van der Waals surface area contributed by atoms with Crippen molar-refractivity contribution in [3.63, 3.8) is 0 Å². The second-order valence-corrected chi connectivity index (χ2v) is 5.78. The van der Waals surface area contributed by atoms with E-state index in [2.05, 4.69) is 25.4 Å². The average molecular weight is 473 g/mol. The number of aromatic nitrogens is 3. The number of aryl methyl sites for hydroxylation is 1. The van der Waals surface area contributed by atoms with Crippen LogP contribution in [0.5, 0.6) is 0 Å². The minimum atomic E-state index is -0.0642. The second-order valence-electron chi connectivity index (χ2n) is 5.78. The number of hydrogen-bond donors (Lipinski definition) is 1. The first-order valence-electron chi connectivity index (χ1n) is 8.38. The molecular weight excluding hydrogens is 449 g/mol. The molecule has 0 radical (unpaired) electrons. The average Bonchev–Trinajstić information content (AvgIpc) is 3.30. The highest BCUT2D eigenvalue weighted by atomic mass is 127. The Morgan fingerprint density at radius 3 is 2.62 bits per heavy atom. The smallest absolute Gasteiger partial charge is 0.289 e. The van der Waals surface area contributed by atoms with Crippen molar-refractivity contribution in [3.05, 3.63) is 36.3 Å². The summed E-state index contributed by atoms with van der Waals surface area (Å²) in [7, 11) is 1.90. The number of amides is 1. The van der Waals surface area contributed by atoms with Crippen LogP contribution in [0.4, 0.5) is 0 Å². The fraction of sp³-hybridized carbons (Fsp3) is 0.500. The van der Waals surface area contributed by atoms with E-state index >= 15 is 0 Å². The zero-order chi connectivity index (χ0) is 17.6. The largest absolute Gasteiger partial charge is 0.459 e. The first-order valence-corrected chi connectivity index (χ1v) is 8.38. The van der Waals surface area contributed by atoms with Gasteiger partial charge in [-0.2, -0.15) is 0 Å². The normalized spacial score (nSPS) is 14.9. The van der Waals surface area contributed by atoms with Crippen LogP contribution in [-0.2, 0) is 13.6 Å². The van der Waals surface area contributed by atoms with Gasteiger partial charge in [0.1, 0.15) is 12.9 Å². The minimum absolute atomic E-state index is 0. The lowest BCUT2D eigenvalue weighted by Crippen LogP contribution is -2.53. The molecule has 0 aliphatic carbocycles. The van der Waals surface area contributed by atoms with Gasteiger partial charge in [0.15, 0.2) is 17.5 Å². The van der Waals surface area contributed by atoms with Gasteiger partial charge in [-0.15, -0.1) is 34.2 Å². The molecule has 1 amide bonds. The molecule has 1 N–H and O–H groups in total. The molecule has 0 spiro atoms. The maximum atomic E-state index is 12.3. The quantitative estimate of drug-likeness (QED) is 0.404. The zero-order valence-corrected chi connectivity index (χ0v) is 17.3. The summed E-state index contributed by atoms with van der Waals surface area (Å²) in [6.45, 7) is 5.98. The lowest BCUT2D eigenvalue weighted by Gasteiger charge is -2.36. The standard InChI is InChI=1S/C16H23N7O2.HI/c1-3-17-16(18-11-14-20-19-12-21(14)2)23-8-6-22(7-9-23)15(24)13-5-4-10-25-13;/h4-5,10,12H,3,6-9,11H2,1-2H3,(H,17,18);1H. The second kappa shape index (κ2) is 9.55. The number of aliphatic imine (C=N–C) groups is 1. The Morgan fingerprint density at radius 1 is 1.31 bits per heavy atom. The molecule has 3 rings (SSSR count). The lowest BCUT2D eigenvalue weighted by atomic mass is 10.3. The molecule has 2 aromatic rings. The molecular formula is C16H24IN7O2. The third-order valence-corrected chi connectivity index (χ3v) is 4.11. The fourth-order valence-corrected chi connectivity index (χ4v) is 2.70. The molecule has 3 heterocycles. The van der Waals surface area contributed by atoms with E-state index in [1.165, 1.54) is 6.26 Å². The third-order valence-electron chi connectivity index (χ3n) is 4.11. The van der Waals surface area contributed by atoms with Gasteiger partial charge in [0.25, 0.3) is 5.91 Å². The zero-order valence-electron chi connectivity index (χ0n) is 15.0. The number of hydrogen-bond acceptors (Lipinski definition) is 5. The van der Waals surface area contributed by atoms with Crippen molar-refractivity contribution in [1.29, 1.82) is 0 Å². The molecule has 1 fully saturated rings. The summed E-state index contributed by atoms with van der Waals surface area (Å²) in [5.74, 6) is 1.96. The maximum absolute atomic E-state index is 12.3. The van der Waals surface area contributed by atoms with E-state index in [0.717, 1.165) is 31.4 Å². The summed E-state index contributed by atoms with van der Waals surface area (Å²) in [5, 5.41) is 11.2. The number of piperazine rings is 1. The van der Waals surface area contributed by atoms with Crippen LogP contribution in [0.15, 0.2) is 34.1 Å². The number of furan rings is 1. The molecule has 0 bridgehead atoms. The number of carbonyl (C=O) groups is 1. The molecule has 10 heteroatoms. The summed E-state index contributed by atoms with van der Waals surface area (Å²) in [6, 6.07) is 3.42. The Morgan fingerprint density at radius 2 is 2.04 bits per heavy atom. The van der Waals surface area contributed by atoms with Crippen molar-refractivity contribution in [1.82, 2.24) is 29.9 Å². The summed E-state index contributed by atoms with van der Waals surface area (Å²) in [4.78, 5) is 20.9. The highest BCUT2D eigenvalue weighted by Gasteiger charge is 2.25. The van der Waals surface area contributed by atoms with Gasteiger partial charge in [0, 0.05) is 39.8 Å². The fourth-order valence-electron chi connectivity index (χ4n) is 2.70. The van der Waals surface area contributed by atoms with Crippen LogP contribution in [0.25, 0.3) is 0 Å². The molecule has 0 atom stereocenters. The molecule has 1 saturated heterocycles. The van der Waals surface area contributed by atoms with Gasteiger partial charge >= 0.3 is 0 Å². The van der Waals surface area contributed by atoms with Gasteiger partial charge in [0.05, 0.1) is 6.26 Å². The van der Waals surface area contributed by atoms with E-state index in [1.807, 2.05) is 23.4 Å². The SMILES string of the molecule is CCNC(=NCc1nncn1C)N1CCN(C(=O)c2ccco2)CC1.I. The molecule has 1 aliphatic rings. The Labute approximate surface area is 169 Å². The van der Waals surface area contributed by atoms with E-state index in [4.69, 9.17) is 4.42 Å². The Kier molecular flexibility index (Phi) is 7.42. The number of carbonyl (C=O) groups excluding carboxylic acids is 1. The molecule has 26 heavy (non-hydrogen) atoms. The number of nitrogens with zero attached hydrogens (tertiary/aromatic N) is 6. The van der Waals surface area contributed by atoms with Gasteiger partial charge in [-0.25, -0.2) is 4.99 Å². The summed E-state index contributed by atoms with van der Waals surface area (Å²) in [5.41, 5.74) is 0. The molecule has 142 valence electrons. The van der Waals surface area contributed by atoms with Crippen molar-refractivity contribution in [2.45, 2.75) is 13.5 Å². The van der Waals surface area contributed by atoms with E-state index in [-0.39, 0.29) is 29.9 Å². The monoisotopic (exact) mass is 473 g/mol. The predicted molar refractivity (Wildman–Crippen MR) is 107 cm³/mol. The summed E-state index contributed by atoms with van der Waals surface area (Å²) in [6.07, 6.45) is 3.18. The van der Waals surface area contributed by atoms with Crippen molar-refractivity contribution in [3.8, 4) is 0 Å². The predicted octanol–water partition coefficient (Wildman–Crippen LogP) is 0.950. The molecule has 0 saturated carbocycles. The molecule has 1 aliphatic heterocycles. The van der Waals surface area contributed by atoms with E-state index in [1.54, 1.807) is 18.5 Å². The molecule has 0 unspecified atom stereocenters. The highest BCUT2D eigenvalue weighted by Crippen LogP contribution is 2.10. The number of guanidine groups is 1. The molecule has 2 aromatic heterocycles. The van der Waals surface area contributed by atoms with Crippen LogP contribution < -0.4 is 5.32 Å². The number of rotatable bonds is 4. The number of nitrogens with one attached hydrogen (secondary N) is 1. The van der Waals surface area contributed by atoms with Crippen LogP contribution in [0.1, 0.15) is 23.3 Å². The topological polar surface area (TPSA) is 91.8 Å². The van der Waals surface area contributed by atoms with E-state index < -0.39 is 0 Å². The first kappa shape index (κ1) is 20.2. The van der Waals surface area contributed by atoms with Gasteiger partial charge < -0.3 is 24.1 Å². The Bertz CT molecular complexity index is 721. The van der Waals surface area contributed by atoms with Crippen molar-refractivity contribution < 1.29 is 9.21 Å². The van der Waals surface area contributed by atoms with Crippen molar-refractivity contribution in [2.24, 2.45) is 12.0 Å². The Balaban J connectivity index is 0.00000243. The molecule has 9 nitrogen and oxygen atoms in total. The lowest BCUT2D eigenvalue weighted by molar-refractivity contribution is 0.0657. The van der Waals surface area contributed by atoms with Gasteiger partial charge in [-0.05, 0) is 19.1 Å². The minimum Gasteiger partial charge on any atom is -0.459 e. The van der Waals surface area contributed by atoms with Gasteiger partial charge in [0.2, 0.25) is 0 Å². The van der Waals surface area contributed by atoms with Crippen LogP contribution in [0, 0.1) is 0 Å². The van der Waals surface area contributed by atoms with Crippen LogP contribution in [-0.4, -0.2) is 69.2 Å². The van der Waals surface area contributed by atoms with Crippen LogP contribution in [0.2, 0.25) is 0 Å². The number of halogens is 1. The van der Waals surface area contributed by atoms with Gasteiger partial charge in [-0.1, -0.05) is 0 Å².